The summed E-state index contributed by atoms with van der Waals surface area (Å²) in [5.74, 6) is 0.611. The summed E-state index contributed by atoms with van der Waals surface area (Å²) in [6.45, 7) is 2.08. The van der Waals surface area contributed by atoms with Crippen molar-refractivity contribution in [3.8, 4) is 0 Å². The maximum absolute atomic E-state index is 5.75. The fourth-order valence-corrected chi connectivity index (χ4v) is 1.40. The summed E-state index contributed by atoms with van der Waals surface area (Å²) in [7, 11) is 0. The predicted octanol–water partition coefficient (Wildman–Crippen LogP) is 2.26. The quantitative estimate of drug-likeness (QED) is 0.825. The Morgan fingerprint density at radius 1 is 1.57 bits per heavy atom. The number of nitrogen functional groups attached to an aromatic ring is 1. The molecule has 0 spiro atoms. The zero-order valence-corrected chi connectivity index (χ0v) is 12.4. The summed E-state index contributed by atoms with van der Waals surface area (Å²) >= 11 is 0. The Morgan fingerprint density at radius 3 is 2.86 bits per heavy atom. The molecule has 2 rings (SSSR count). The van der Waals surface area contributed by atoms with Gasteiger partial charge in [0, 0.05) is 37.3 Å². The van der Waals surface area contributed by atoms with Crippen LogP contribution in [0.2, 0.25) is 0 Å². The molecule has 0 saturated heterocycles. The van der Waals surface area contributed by atoms with Crippen LogP contribution in [-0.2, 0) is 0 Å². The first-order valence-electron chi connectivity index (χ1n) is 4.67. The molecule has 0 bridgehead atoms. The van der Waals surface area contributed by atoms with E-state index in [1.807, 2.05) is 12.1 Å². The van der Waals surface area contributed by atoms with Crippen molar-refractivity contribution in [2.75, 3.05) is 5.73 Å². The third kappa shape index (κ3) is 2.98. The van der Waals surface area contributed by atoms with Crippen molar-refractivity contribution in [3.63, 3.8) is 0 Å². The number of hydrogen-bond donors (Lipinski definition) is 1. The third-order valence-electron chi connectivity index (χ3n) is 2.30. The normalized spacial score (nSPS) is 17.2. The zero-order chi connectivity index (χ0) is 9.26. The number of pyridine rings is 1. The number of nitrogens with zero attached hydrogens (tertiary/aromatic N) is 2. The predicted molar refractivity (Wildman–Crippen MR) is 53.4 cm³/mol. The summed E-state index contributed by atoms with van der Waals surface area (Å²) in [6.07, 6.45) is 4.19. The molecule has 0 aliphatic heterocycles. The van der Waals surface area contributed by atoms with E-state index in [1.165, 1.54) is 12.8 Å². The first kappa shape index (κ1) is 12.0. The molecule has 4 heteroatoms. The van der Waals surface area contributed by atoms with Crippen LogP contribution in [0.15, 0.2) is 18.3 Å². The molecule has 1 heterocycles. The molecule has 2 N–H and O–H groups in total. The molecule has 1 aromatic heterocycles. The molecule has 1 aromatic rings. The van der Waals surface area contributed by atoms with E-state index in [4.69, 9.17) is 5.73 Å². The summed E-state index contributed by atoms with van der Waals surface area (Å²) in [6, 6.07) is 4.68. The van der Waals surface area contributed by atoms with E-state index in [1.54, 1.807) is 6.20 Å². The van der Waals surface area contributed by atoms with Crippen molar-refractivity contribution < 1.29 is 31.1 Å². The van der Waals surface area contributed by atoms with Crippen LogP contribution in [0, 0.1) is 31.1 Å². The minimum atomic E-state index is 0. The maximum Gasteiger partial charge on any atom is 0.124 e. The first-order valence-corrected chi connectivity index (χ1v) is 4.67. The Kier molecular flexibility index (Phi) is 4.43. The van der Waals surface area contributed by atoms with Crippen LogP contribution in [0.4, 0.5) is 5.82 Å². The van der Waals surface area contributed by atoms with E-state index >= 15 is 0 Å². The molecule has 1 atom stereocenters. The van der Waals surface area contributed by atoms with Crippen molar-refractivity contribution in [1.29, 1.82) is 0 Å². The Balaban J connectivity index is 0.000000980. The molecule has 3 nitrogen and oxygen atoms in total. The molecule has 14 heavy (non-hydrogen) atoms. The van der Waals surface area contributed by atoms with Gasteiger partial charge >= 0.3 is 0 Å². The van der Waals surface area contributed by atoms with Crippen LogP contribution in [0.1, 0.15) is 31.4 Å². The van der Waals surface area contributed by atoms with Crippen molar-refractivity contribution in [1.82, 2.24) is 4.98 Å². The molecule has 1 saturated carbocycles. The molecule has 1 fully saturated rings. The van der Waals surface area contributed by atoms with Gasteiger partial charge in [-0.2, -0.15) is 0 Å². The summed E-state index contributed by atoms with van der Waals surface area (Å²) in [5, 5.41) is 4.60. The van der Waals surface area contributed by atoms with E-state index in [2.05, 4.69) is 17.2 Å². The van der Waals surface area contributed by atoms with Gasteiger partial charge in [0.25, 0.3) is 0 Å². The Bertz CT molecular complexity index is 299. The second kappa shape index (κ2) is 5.16. The number of aromatic nitrogens is 1. The van der Waals surface area contributed by atoms with E-state index in [0.717, 1.165) is 5.56 Å². The van der Waals surface area contributed by atoms with Crippen LogP contribution in [0.5, 0.6) is 0 Å². The first-order chi connectivity index (χ1) is 6.27. The van der Waals surface area contributed by atoms with Gasteiger partial charge in [-0.1, -0.05) is 25.8 Å². The molecule has 0 aromatic carbocycles. The van der Waals surface area contributed by atoms with Crippen molar-refractivity contribution in [2.45, 2.75) is 31.8 Å². The monoisotopic (exact) mass is 414 g/mol. The second-order valence-corrected chi connectivity index (χ2v) is 3.53. The average molecular weight is 414 g/mol. The number of rotatable bonds is 3. The zero-order valence-electron chi connectivity index (χ0n) is 8.27. The standard InChI is InChI=1S/C10H14N3.U/c1-7(13-8-4-5-8)9-3-2-6-12-10(9)11;/h2-3,6-8H,4-5H2,1H3,(H2,11,12);/q-1;. The van der Waals surface area contributed by atoms with Crippen LogP contribution in [-0.4, -0.2) is 11.0 Å². The van der Waals surface area contributed by atoms with Gasteiger partial charge in [-0.15, -0.1) is 12.1 Å². The van der Waals surface area contributed by atoms with Crippen LogP contribution < -0.4 is 5.73 Å². The summed E-state index contributed by atoms with van der Waals surface area (Å²) in [4.78, 5) is 4.05. The molecule has 1 unspecified atom stereocenters. The van der Waals surface area contributed by atoms with Crippen molar-refractivity contribution in [3.05, 3.63) is 29.2 Å². The maximum atomic E-state index is 5.75. The molecular formula is C10H14N3U-. The van der Waals surface area contributed by atoms with Crippen molar-refractivity contribution in [2.24, 2.45) is 0 Å². The van der Waals surface area contributed by atoms with Crippen LogP contribution in [0.25, 0.3) is 5.32 Å². The van der Waals surface area contributed by atoms with Gasteiger partial charge in [-0.25, -0.2) is 4.98 Å². The fraction of sp³-hybridized carbons (Fsp3) is 0.500. The summed E-state index contributed by atoms with van der Waals surface area (Å²) in [5.41, 5.74) is 6.80. The van der Waals surface area contributed by atoms with E-state index < -0.39 is 0 Å². The third-order valence-corrected chi connectivity index (χ3v) is 2.30. The second-order valence-electron chi connectivity index (χ2n) is 3.53. The average Bonchev–Trinajstić information content (AvgIpc) is 2.89. The van der Waals surface area contributed by atoms with E-state index in [9.17, 15) is 0 Å². The minimum Gasteiger partial charge on any atom is -0.653 e. The smallest absolute Gasteiger partial charge is 0.124 e. The molecule has 0 amide bonds. The van der Waals surface area contributed by atoms with Gasteiger partial charge in [0.05, 0.1) is 0 Å². The Labute approximate surface area is 108 Å². The molecular weight excluding hydrogens is 400 g/mol. The van der Waals surface area contributed by atoms with Gasteiger partial charge < -0.3 is 11.1 Å². The van der Waals surface area contributed by atoms with E-state index in [0.29, 0.717) is 11.9 Å². The Hall–Kier alpha value is -0.0381. The van der Waals surface area contributed by atoms with Crippen molar-refractivity contribution >= 4 is 5.82 Å². The van der Waals surface area contributed by atoms with Gasteiger partial charge in [0.15, 0.2) is 0 Å². The van der Waals surface area contributed by atoms with E-state index in [-0.39, 0.29) is 37.2 Å². The minimum absolute atomic E-state index is 0. The largest absolute Gasteiger partial charge is 0.653 e. The molecule has 74 valence electrons. The summed E-state index contributed by atoms with van der Waals surface area (Å²) < 4.78 is 0. The van der Waals surface area contributed by atoms with Gasteiger partial charge in [-0.3, -0.25) is 0 Å². The molecule has 1 aliphatic rings. The van der Waals surface area contributed by atoms with Crippen LogP contribution in [0.3, 0.4) is 0 Å². The Morgan fingerprint density at radius 2 is 2.29 bits per heavy atom. The molecule has 0 radical (unpaired) electrons. The van der Waals surface area contributed by atoms with Gasteiger partial charge in [0.1, 0.15) is 5.82 Å². The van der Waals surface area contributed by atoms with Crippen LogP contribution >= 0.6 is 0 Å². The number of hydrogen-bond acceptors (Lipinski definition) is 2. The topological polar surface area (TPSA) is 53.0 Å². The van der Waals surface area contributed by atoms with Gasteiger partial charge in [0.2, 0.25) is 0 Å². The van der Waals surface area contributed by atoms with Gasteiger partial charge in [-0.05, 0) is 11.6 Å². The SMILES string of the molecule is CC([N-]C1CC1)c1cccnc1N.[U]. The number of nitrogens with two attached hydrogens (primary N) is 1. The number of anilines is 1. The molecule has 1 aliphatic carbocycles. The fourth-order valence-electron chi connectivity index (χ4n) is 1.40.